The van der Waals surface area contributed by atoms with Crippen LogP contribution in [0.4, 0.5) is 18.9 Å². The van der Waals surface area contributed by atoms with Crippen molar-refractivity contribution >= 4 is 13.5 Å². The summed E-state index contributed by atoms with van der Waals surface area (Å²) in [4.78, 5) is 10.0. The first-order valence-corrected chi connectivity index (χ1v) is 9.17. The third kappa shape index (κ3) is 4.47. The van der Waals surface area contributed by atoms with Gasteiger partial charge in [-0.05, 0) is 23.8 Å². The molecule has 0 N–H and O–H groups in total. The van der Waals surface area contributed by atoms with Gasteiger partial charge in [-0.1, -0.05) is 18.2 Å². The van der Waals surface area contributed by atoms with E-state index in [2.05, 4.69) is 0 Å². The summed E-state index contributed by atoms with van der Waals surface area (Å²) in [7, 11) is -4.21. The number of non-ortho nitro benzene ring substituents is 1. The van der Waals surface area contributed by atoms with E-state index in [4.69, 9.17) is 13.6 Å². The number of nitro benzene ring substituents is 1. The Kier molecular flexibility index (Phi) is 5.23. The predicted molar refractivity (Wildman–Crippen MR) is 87.2 cm³/mol. The number of nitrogens with zero attached hydrogens (tertiary/aromatic N) is 1. The van der Waals surface area contributed by atoms with Gasteiger partial charge in [-0.3, -0.25) is 19.2 Å². The fraction of sp³-hybridized carbons (Fsp3) is 0.250. The quantitative estimate of drug-likeness (QED) is 0.392. The fourth-order valence-electron chi connectivity index (χ4n) is 2.56. The van der Waals surface area contributed by atoms with E-state index in [9.17, 15) is 27.9 Å². The van der Waals surface area contributed by atoms with Crippen LogP contribution in [0.1, 0.15) is 23.7 Å². The average Bonchev–Trinajstić information content (AvgIpc) is 2.61. The zero-order chi connectivity index (χ0) is 19.7. The number of rotatable bonds is 4. The molecule has 1 aliphatic rings. The van der Waals surface area contributed by atoms with E-state index in [0.29, 0.717) is 0 Å². The highest BCUT2D eigenvalue weighted by Crippen LogP contribution is 2.57. The number of alkyl halides is 3. The number of phosphoric ester groups is 1. The molecule has 1 heterocycles. The highest BCUT2D eigenvalue weighted by molar-refractivity contribution is 7.49. The van der Waals surface area contributed by atoms with Crippen molar-refractivity contribution in [2.24, 2.45) is 0 Å². The molecule has 27 heavy (non-hydrogen) atoms. The van der Waals surface area contributed by atoms with Crippen LogP contribution in [-0.2, 0) is 19.8 Å². The van der Waals surface area contributed by atoms with Crippen molar-refractivity contribution in [1.29, 1.82) is 0 Å². The molecule has 2 aromatic carbocycles. The molecule has 1 saturated heterocycles. The van der Waals surface area contributed by atoms with Gasteiger partial charge in [-0.2, -0.15) is 13.2 Å². The Morgan fingerprint density at radius 1 is 1.15 bits per heavy atom. The number of halogens is 3. The molecule has 0 aliphatic carbocycles. The van der Waals surface area contributed by atoms with Gasteiger partial charge in [0.05, 0.1) is 23.2 Å². The molecule has 0 radical (unpaired) electrons. The van der Waals surface area contributed by atoms with Crippen molar-refractivity contribution in [1.82, 2.24) is 0 Å². The molecule has 0 aromatic heterocycles. The van der Waals surface area contributed by atoms with Crippen molar-refractivity contribution in [2.75, 3.05) is 6.61 Å². The van der Waals surface area contributed by atoms with E-state index in [1.807, 2.05) is 0 Å². The van der Waals surface area contributed by atoms with E-state index in [1.54, 1.807) is 0 Å². The maximum Gasteiger partial charge on any atom is 0.530 e. The summed E-state index contributed by atoms with van der Waals surface area (Å²) in [5.41, 5.74) is -1.26. The molecule has 2 aromatic rings. The van der Waals surface area contributed by atoms with Gasteiger partial charge < -0.3 is 4.52 Å². The van der Waals surface area contributed by atoms with E-state index in [-0.39, 0.29) is 30.0 Å². The first kappa shape index (κ1) is 19.3. The Hall–Kier alpha value is -2.42. The maximum atomic E-state index is 13.2. The monoisotopic (exact) mass is 403 g/mol. The minimum atomic E-state index is -4.60. The van der Waals surface area contributed by atoms with E-state index in [0.717, 1.165) is 18.2 Å². The zero-order valence-corrected chi connectivity index (χ0v) is 14.5. The molecule has 0 saturated carbocycles. The normalized spacial score (nSPS) is 23.0. The van der Waals surface area contributed by atoms with Crippen LogP contribution in [0, 0.1) is 10.1 Å². The molecule has 2 atom stereocenters. The van der Waals surface area contributed by atoms with Crippen LogP contribution in [0.25, 0.3) is 0 Å². The molecular weight excluding hydrogens is 390 g/mol. The van der Waals surface area contributed by atoms with Crippen molar-refractivity contribution < 1.29 is 36.2 Å². The second kappa shape index (κ2) is 7.30. The molecule has 1 fully saturated rings. The highest BCUT2D eigenvalue weighted by atomic mass is 31.2. The first-order valence-electron chi connectivity index (χ1n) is 7.71. The van der Waals surface area contributed by atoms with Gasteiger partial charge in [0.2, 0.25) is 0 Å². The predicted octanol–water partition coefficient (Wildman–Crippen LogP) is 5.28. The van der Waals surface area contributed by atoms with Crippen LogP contribution in [0.5, 0.6) is 5.75 Å². The Balaban J connectivity index is 1.81. The lowest BCUT2D eigenvalue weighted by molar-refractivity contribution is -0.384. The third-order valence-electron chi connectivity index (χ3n) is 3.76. The molecule has 1 unspecified atom stereocenters. The van der Waals surface area contributed by atoms with Gasteiger partial charge >= 0.3 is 14.0 Å². The topological polar surface area (TPSA) is 87.9 Å². The van der Waals surface area contributed by atoms with Gasteiger partial charge in [0, 0.05) is 18.6 Å². The van der Waals surface area contributed by atoms with Crippen LogP contribution in [0.15, 0.2) is 48.5 Å². The molecule has 144 valence electrons. The smallest absolute Gasteiger partial charge is 0.404 e. The molecule has 7 nitrogen and oxygen atoms in total. The second-order valence-electron chi connectivity index (χ2n) is 5.59. The fourth-order valence-corrected chi connectivity index (χ4v) is 3.96. The van der Waals surface area contributed by atoms with Gasteiger partial charge in [0.25, 0.3) is 5.69 Å². The van der Waals surface area contributed by atoms with Gasteiger partial charge in [-0.15, -0.1) is 0 Å². The van der Waals surface area contributed by atoms with E-state index >= 15 is 0 Å². The van der Waals surface area contributed by atoms with Crippen molar-refractivity contribution in [2.45, 2.75) is 18.7 Å². The molecule has 1 aliphatic heterocycles. The number of nitro groups is 1. The molecule has 0 spiro atoms. The summed E-state index contributed by atoms with van der Waals surface area (Å²) >= 11 is 0. The third-order valence-corrected chi connectivity index (χ3v) is 5.21. The number of benzene rings is 2. The molecule has 3 rings (SSSR count). The Labute approximate surface area is 151 Å². The molecule has 0 amide bonds. The second-order valence-corrected chi connectivity index (χ2v) is 7.14. The number of phosphoric acid groups is 1. The molecule has 0 bridgehead atoms. The van der Waals surface area contributed by atoms with E-state index in [1.165, 1.54) is 30.3 Å². The zero-order valence-electron chi connectivity index (χ0n) is 13.6. The number of hydrogen-bond donors (Lipinski definition) is 0. The highest BCUT2D eigenvalue weighted by Gasteiger charge is 2.41. The Bertz CT molecular complexity index is 886. The summed E-state index contributed by atoms with van der Waals surface area (Å²) in [5.74, 6) is -0.0336. The van der Waals surface area contributed by atoms with E-state index < -0.39 is 30.6 Å². The van der Waals surface area contributed by atoms with Gasteiger partial charge in [0.15, 0.2) is 0 Å². The largest absolute Gasteiger partial charge is 0.530 e. The van der Waals surface area contributed by atoms with Gasteiger partial charge in [0.1, 0.15) is 5.75 Å². The van der Waals surface area contributed by atoms with Crippen LogP contribution < -0.4 is 4.52 Å². The minimum absolute atomic E-state index is 0.0336. The lowest BCUT2D eigenvalue weighted by atomic mass is 10.00. The Morgan fingerprint density at radius 3 is 2.44 bits per heavy atom. The summed E-state index contributed by atoms with van der Waals surface area (Å²) < 4.78 is 67.7. The average molecular weight is 403 g/mol. The van der Waals surface area contributed by atoms with Crippen LogP contribution in [-0.4, -0.2) is 11.5 Å². The number of hydrogen-bond acceptors (Lipinski definition) is 6. The van der Waals surface area contributed by atoms with Crippen molar-refractivity contribution in [3.05, 3.63) is 69.8 Å². The van der Waals surface area contributed by atoms with Crippen LogP contribution in [0.3, 0.4) is 0 Å². The molecular formula is C16H13F3NO6P. The summed E-state index contributed by atoms with van der Waals surface area (Å²) in [6, 6.07) is 9.47. The first-order chi connectivity index (χ1) is 12.7. The van der Waals surface area contributed by atoms with Gasteiger partial charge in [-0.25, -0.2) is 4.57 Å². The summed E-state index contributed by atoms with van der Waals surface area (Å²) in [6.45, 7) is -0.138. The lowest BCUT2D eigenvalue weighted by Crippen LogP contribution is -2.20. The van der Waals surface area contributed by atoms with Crippen LogP contribution in [0.2, 0.25) is 0 Å². The summed E-state index contributed by atoms with van der Waals surface area (Å²) in [5, 5.41) is 10.6. The summed E-state index contributed by atoms with van der Waals surface area (Å²) in [6.07, 6.45) is -5.68. The maximum absolute atomic E-state index is 13.2. The molecule has 11 heteroatoms. The van der Waals surface area contributed by atoms with Crippen LogP contribution >= 0.6 is 7.82 Å². The SMILES string of the molecule is O=[N+]([O-])c1ccc(OP2(=O)OCC[C@@H](c3ccccc3C(F)(F)F)O2)cc1. The van der Waals surface area contributed by atoms with Crippen molar-refractivity contribution in [3.8, 4) is 5.75 Å². The lowest BCUT2D eigenvalue weighted by Gasteiger charge is -2.30. The van der Waals surface area contributed by atoms with Crippen molar-refractivity contribution in [3.63, 3.8) is 0 Å². The Morgan fingerprint density at radius 2 is 1.81 bits per heavy atom. The minimum Gasteiger partial charge on any atom is -0.404 e. The standard InChI is InChI=1S/C16H13F3NO6P/c17-16(18,19)14-4-2-1-3-13(14)15-9-10-24-27(23,26-15)25-12-7-5-11(6-8-12)20(21)22/h1-8,15H,9-10H2/t15-,27?/m0/s1.